The highest BCUT2D eigenvalue weighted by Gasteiger charge is 2.44. The van der Waals surface area contributed by atoms with Gasteiger partial charge in [-0.15, -0.1) is 0 Å². The van der Waals surface area contributed by atoms with Crippen molar-refractivity contribution in [3.8, 4) is 0 Å². The van der Waals surface area contributed by atoms with Gasteiger partial charge < -0.3 is 19.7 Å². The third-order valence-electron chi connectivity index (χ3n) is 5.27. The number of hydrogen-bond donors (Lipinski definition) is 2. The van der Waals surface area contributed by atoms with Crippen LogP contribution < -0.4 is 0 Å². The number of aliphatic hydroxyl groups excluding tert-OH is 2. The van der Waals surface area contributed by atoms with E-state index >= 15 is 0 Å². The summed E-state index contributed by atoms with van der Waals surface area (Å²) in [4.78, 5) is 0. The molecule has 23 heavy (non-hydrogen) atoms. The Labute approximate surface area is 139 Å². The minimum absolute atomic E-state index is 0.200. The molecule has 0 saturated carbocycles. The van der Waals surface area contributed by atoms with Gasteiger partial charge in [-0.25, -0.2) is 0 Å². The maximum Gasteiger partial charge on any atom is 0.170 e. The van der Waals surface area contributed by atoms with Gasteiger partial charge in [0, 0.05) is 6.42 Å². The van der Waals surface area contributed by atoms with E-state index in [0.29, 0.717) is 12.8 Å². The minimum Gasteiger partial charge on any atom is -0.390 e. The number of rotatable bonds is 2. The van der Waals surface area contributed by atoms with Gasteiger partial charge in [0.25, 0.3) is 0 Å². The molecular formula is C19H30O4. The summed E-state index contributed by atoms with van der Waals surface area (Å²) >= 11 is 0. The lowest BCUT2D eigenvalue weighted by atomic mass is 9.92. The van der Waals surface area contributed by atoms with Gasteiger partial charge in [0.15, 0.2) is 5.79 Å². The lowest BCUT2D eigenvalue weighted by Gasteiger charge is -2.27. The number of aliphatic hydroxyl groups is 2. The van der Waals surface area contributed by atoms with E-state index in [4.69, 9.17) is 9.47 Å². The van der Waals surface area contributed by atoms with E-state index in [1.807, 2.05) is 0 Å². The van der Waals surface area contributed by atoms with E-state index in [2.05, 4.69) is 25.2 Å². The Bertz CT molecular complexity index is 438. The lowest BCUT2D eigenvalue weighted by molar-refractivity contribution is -0.161. The Kier molecular flexibility index (Phi) is 5.57. The normalized spacial score (nSPS) is 45.8. The van der Waals surface area contributed by atoms with Gasteiger partial charge in [0.1, 0.15) is 0 Å². The van der Waals surface area contributed by atoms with Crippen molar-refractivity contribution in [1.82, 2.24) is 0 Å². The molecule has 4 unspecified atom stereocenters. The molecule has 3 rings (SSSR count). The number of allylic oxidation sites excluding steroid dienone is 3. The van der Waals surface area contributed by atoms with Crippen LogP contribution in [0.1, 0.15) is 64.7 Å². The van der Waals surface area contributed by atoms with Crippen molar-refractivity contribution in [2.45, 2.75) is 94.9 Å². The molecule has 0 spiro atoms. The van der Waals surface area contributed by atoms with Crippen LogP contribution in [0.4, 0.5) is 0 Å². The molecule has 0 aromatic heterocycles. The predicted octanol–water partition coefficient (Wildman–Crippen LogP) is 3.23. The molecule has 0 bridgehead atoms. The van der Waals surface area contributed by atoms with Crippen LogP contribution in [-0.4, -0.2) is 40.4 Å². The summed E-state index contributed by atoms with van der Waals surface area (Å²) in [7, 11) is 0. The molecule has 4 nitrogen and oxygen atoms in total. The molecule has 0 amide bonds. The standard InChI is InChI=1S/C19H30O4/c1-19(13-14-7-6-8-15(20)16(21)12-11-14)22-17-9-4-2-3-5-10-18(17)23-19/h2-3,7,15-18,20-21H,4-6,8-13H2,1H3/b3-2+,14-7-. The summed E-state index contributed by atoms with van der Waals surface area (Å²) in [6.45, 7) is 2.05. The second-order valence-electron chi connectivity index (χ2n) is 7.36. The van der Waals surface area contributed by atoms with Crippen molar-refractivity contribution >= 4 is 0 Å². The molecule has 1 saturated heterocycles. The summed E-state index contributed by atoms with van der Waals surface area (Å²) < 4.78 is 12.6. The third-order valence-corrected chi connectivity index (χ3v) is 5.27. The van der Waals surface area contributed by atoms with Gasteiger partial charge in [-0.3, -0.25) is 0 Å². The molecule has 1 fully saturated rings. The Hall–Kier alpha value is -0.680. The fourth-order valence-corrected chi connectivity index (χ4v) is 4.00. The zero-order chi connectivity index (χ0) is 16.3. The van der Waals surface area contributed by atoms with Gasteiger partial charge in [-0.1, -0.05) is 23.8 Å². The van der Waals surface area contributed by atoms with Crippen LogP contribution in [0.2, 0.25) is 0 Å². The van der Waals surface area contributed by atoms with Crippen molar-refractivity contribution in [1.29, 1.82) is 0 Å². The molecule has 1 aliphatic heterocycles. The van der Waals surface area contributed by atoms with E-state index in [0.717, 1.165) is 44.9 Å². The summed E-state index contributed by atoms with van der Waals surface area (Å²) in [6.07, 6.45) is 13.7. The third kappa shape index (κ3) is 4.44. The van der Waals surface area contributed by atoms with E-state index < -0.39 is 18.0 Å². The van der Waals surface area contributed by atoms with Gasteiger partial charge >= 0.3 is 0 Å². The SMILES string of the molecule is CC1(C/C2=C\CCC(O)C(O)CC2)OC2CC/C=C/CCC2O1. The summed E-state index contributed by atoms with van der Waals surface area (Å²) in [5.74, 6) is -0.547. The Morgan fingerprint density at radius 2 is 1.57 bits per heavy atom. The monoisotopic (exact) mass is 322 g/mol. The van der Waals surface area contributed by atoms with E-state index in [1.54, 1.807) is 0 Å². The largest absolute Gasteiger partial charge is 0.390 e. The molecule has 4 atom stereocenters. The first-order chi connectivity index (χ1) is 11.1. The number of ether oxygens (including phenoxy) is 2. The average molecular weight is 322 g/mol. The lowest BCUT2D eigenvalue weighted by Crippen LogP contribution is -2.30. The van der Waals surface area contributed by atoms with Crippen LogP contribution in [0.25, 0.3) is 0 Å². The van der Waals surface area contributed by atoms with Crippen LogP contribution in [-0.2, 0) is 9.47 Å². The summed E-state index contributed by atoms with van der Waals surface area (Å²) in [5, 5.41) is 19.7. The van der Waals surface area contributed by atoms with Crippen molar-refractivity contribution in [2.24, 2.45) is 0 Å². The second kappa shape index (κ2) is 7.47. The van der Waals surface area contributed by atoms with E-state index in [9.17, 15) is 10.2 Å². The molecule has 0 aromatic carbocycles. The van der Waals surface area contributed by atoms with Crippen molar-refractivity contribution in [3.05, 3.63) is 23.8 Å². The first kappa shape index (κ1) is 17.2. The Morgan fingerprint density at radius 3 is 2.22 bits per heavy atom. The summed E-state index contributed by atoms with van der Waals surface area (Å²) in [6, 6.07) is 0. The van der Waals surface area contributed by atoms with Crippen molar-refractivity contribution in [3.63, 3.8) is 0 Å². The Balaban J connectivity index is 1.61. The molecule has 0 radical (unpaired) electrons. The molecule has 130 valence electrons. The quantitative estimate of drug-likeness (QED) is 0.766. The summed E-state index contributed by atoms with van der Waals surface area (Å²) in [5.41, 5.74) is 1.28. The molecule has 0 aromatic rings. The highest BCUT2D eigenvalue weighted by atomic mass is 16.8. The Morgan fingerprint density at radius 1 is 0.957 bits per heavy atom. The van der Waals surface area contributed by atoms with Crippen molar-refractivity contribution < 1.29 is 19.7 Å². The number of hydrogen-bond acceptors (Lipinski definition) is 4. The highest BCUT2D eigenvalue weighted by Crippen LogP contribution is 2.39. The van der Waals surface area contributed by atoms with Crippen LogP contribution in [0.3, 0.4) is 0 Å². The zero-order valence-corrected chi connectivity index (χ0v) is 14.1. The molecule has 2 N–H and O–H groups in total. The fourth-order valence-electron chi connectivity index (χ4n) is 4.00. The first-order valence-electron chi connectivity index (χ1n) is 9.10. The molecular weight excluding hydrogens is 292 g/mol. The maximum absolute atomic E-state index is 9.91. The second-order valence-corrected chi connectivity index (χ2v) is 7.36. The smallest absolute Gasteiger partial charge is 0.170 e. The van der Waals surface area contributed by atoms with Crippen molar-refractivity contribution in [2.75, 3.05) is 0 Å². The fraction of sp³-hybridized carbons (Fsp3) is 0.789. The predicted molar refractivity (Wildman–Crippen MR) is 88.9 cm³/mol. The average Bonchev–Trinajstić information content (AvgIpc) is 2.79. The molecule has 3 aliphatic rings. The van der Waals surface area contributed by atoms with Crippen LogP contribution >= 0.6 is 0 Å². The van der Waals surface area contributed by atoms with Crippen LogP contribution in [0, 0.1) is 0 Å². The van der Waals surface area contributed by atoms with Crippen LogP contribution in [0.15, 0.2) is 23.8 Å². The molecule has 1 heterocycles. The van der Waals surface area contributed by atoms with E-state index in [1.165, 1.54) is 5.57 Å². The van der Waals surface area contributed by atoms with E-state index in [-0.39, 0.29) is 12.2 Å². The van der Waals surface area contributed by atoms with Gasteiger partial charge in [0.2, 0.25) is 0 Å². The van der Waals surface area contributed by atoms with Gasteiger partial charge in [-0.05, 0) is 58.3 Å². The number of fused-ring (bicyclic) bond motifs is 1. The maximum atomic E-state index is 9.91. The minimum atomic E-state index is -0.613. The zero-order valence-electron chi connectivity index (χ0n) is 14.1. The molecule has 4 heteroatoms. The first-order valence-corrected chi connectivity index (χ1v) is 9.10. The van der Waals surface area contributed by atoms with Crippen LogP contribution in [0.5, 0.6) is 0 Å². The topological polar surface area (TPSA) is 58.9 Å². The highest BCUT2D eigenvalue weighted by molar-refractivity contribution is 5.08. The van der Waals surface area contributed by atoms with Gasteiger partial charge in [0.05, 0.1) is 24.4 Å². The van der Waals surface area contributed by atoms with Gasteiger partial charge in [-0.2, -0.15) is 0 Å². The molecule has 2 aliphatic carbocycles.